The number of carbonyl (C=O) groups excluding carboxylic acids is 1. The number of carbonyl (C=O) groups is 1. The number of hydrogen-bond donors (Lipinski definition) is 1. The van der Waals surface area contributed by atoms with Gasteiger partial charge in [0.15, 0.2) is 0 Å². The van der Waals surface area contributed by atoms with E-state index in [1.807, 2.05) is 23.1 Å². The van der Waals surface area contributed by atoms with E-state index in [-0.39, 0.29) is 12.1 Å². The smallest absolute Gasteiger partial charge is 0.317 e. The fourth-order valence-corrected chi connectivity index (χ4v) is 4.46. The van der Waals surface area contributed by atoms with Crippen LogP contribution in [0.15, 0.2) is 24.3 Å². The van der Waals surface area contributed by atoms with E-state index in [0.29, 0.717) is 12.0 Å². The second kappa shape index (κ2) is 7.24. The average Bonchev–Trinajstić information content (AvgIpc) is 3.19. The van der Waals surface area contributed by atoms with Crippen molar-refractivity contribution in [3.8, 4) is 5.75 Å². The van der Waals surface area contributed by atoms with Gasteiger partial charge in [0, 0.05) is 31.1 Å². The number of benzene rings is 1. The summed E-state index contributed by atoms with van der Waals surface area (Å²) in [5.41, 5.74) is 1.21. The van der Waals surface area contributed by atoms with E-state index in [1.54, 1.807) is 7.11 Å². The maximum atomic E-state index is 12.6. The zero-order valence-electron chi connectivity index (χ0n) is 15.1. The third kappa shape index (κ3) is 3.61. The van der Waals surface area contributed by atoms with E-state index in [0.717, 1.165) is 38.1 Å². The largest absolute Gasteiger partial charge is 0.496 e. The molecule has 25 heavy (non-hydrogen) atoms. The molecule has 5 nitrogen and oxygen atoms in total. The molecule has 2 atom stereocenters. The number of para-hydroxylation sites is 1. The first-order valence-corrected chi connectivity index (χ1v) is 9.68. The standard InChI is InChI=1S/C20H29N3O2/c1-25-19-7-3-2-6-16(19)17-14-18(17)21-20(24)23-12-8-15(9-13-23)22-10-4-5-11-22/h2-3,6-7,15,17-18H,4-5,8-14H2,1H3,(H,21,24). The summed E-state index contributed by atoms with van der Waals surface area (Å²) < 4.78 is 5.45. The molecule has 1 aromatic carbocycles. The number of likely N-dealkylation sites (tertiary alicyclic amines) is 2. The van der Waals surface area contributed by atoms with Gasteiger partial charge in [-0.1, -0.05) is 18.2 Å². The van der Waals surface area contributed by atoms with Gasteiger partial charge in [0.2, 0.25) is 0 Å². The quantitative estimate of drug-likeness (QED) is 0.914. The molecule has 136 valence electrons. The Morgan fingerprint density at radius 2 is 1.84 bits per heavy atom. The minimum absolute atomic E-state index is 0.113. The molecule has 2 heterocycles. The molecule has 1 aromatic rings. The number of hydrogen-bond acceptors (Lipinski definition) is 3. The van der Waals surface area contributed by atoms with Crippen molar-refractivity contribution in [2.24, 2.45) is 0 Å². The van der Waals surface area contributed by atoms with Crippen LogP contribution in [0, 0.1) is 0 Å². The van der Waals surface area contributed by atoms with Gasteiger partial charge in [0.25, 0.3) is 0 Å². The van der Waals surface area contributed by atoms with Crippen molar-refractivity contribution in [1.82, 2.24) is 15.1 Å². The molecule has 0 bridgehead atoms. The predicted molar refractivity (Wildman–Crippen MR) is 98.1 cm³/mol. The van der Waals surface area contributed by atoms with Crippen molar-refractivity contribution in [2.75, 3.05) is 33.3 Å². The van der Waals surface area contributed by atoms with Gasteiger partial charge in [-0.05, 0) is 56.8 Å². The van der Waals surface area contributed by atoms with E-state index >= 15 is 0 Å². The number of nitrogens with zero attached hydrogens (tertiary/aromatic N) is 2. The van der Waals surface area contributed by atoms with Crippen LogP contribution in [0.1, 0.15) is 43.6 Å². The third-order valence-corrected chi connectivity index (χ3v) is 6.05. The Kier molecular flexibility index (Phi) is 4.84. The third-order valence-electron chi connectivity index (χ3n) is 6.05. The van der Waals surface area contributed by atoms with Crippen LogP contribution in [0.5, 0.6) is 5.75 Å². The van der Waals surface area contributed by atoms with Gasteiger partial charge in [-0.2, -0.15) is 0 Å². The molecule has 0 aromatic heterocycles. The molecular weight excluding hydrogens is 314 g/mol. The summed E-state index contributed by atoms with van der Waals surface area (Å²) in [6, 6.07) is 9.18. The molecular formula is C20H29N3O2. The number of methoxy groups -OCH3 is 1. The SMILES string of the molecule is COc1ccccc1C1CC1NC(=O)N1CCC(N2CCCC2)CC1. The summed E-state index contributed by atoms with van der Waals surface area (Å²) in [6.45, 7) is 4.27. The number of ether oxygens (including phenoxy) is 1. The Bertz CT molecular complexity index is 607. The first kappa shape index (κ1) is 16.7. The summed E-state index contributed by atoms with van der Waals surface area (Å²) in [5.74, 6) is 1.32. The maximum Gasteiger partial charge on any atom is 0.317 e. The second-order valence-electron chi connectivity index (χ2n) is 7.60. The molecule has 4 rings (SSSR count). The van der Waals surface area contributed by atoms with Crippen LogP contribution < -0.4 is 10.1 Å². The molecule has 3 fully saturated rings. The lowest BCUT2D eigenvalue weighted by molar-refractivity contribution is 0.134. The predicted octanol–water partition coefficient (Wildman–Crippen LogP) is 2.82. The lowest BCUT2D eigenvalue weighted by Gasteiger charge is -2.36. The van der Waals surface area contributed by atoms with Crippen molar-refractivity contribution in [2.45, 2.75) is 50.1 Å². The normalized spacial score (nSPS) is 27.3. The molecule has 1 N–H and O–H groups in total. The molecule has 3 aliphatic rings. The fraction of sp³-hybridized carbons (Fsp3) is 0.650. The summed E-state index contributed by atoms with van der Waals surface area (Å²) in [5, 5.41) is 3.23. The first-order chi connectivity index (χ1) is 12.3. The van der Waals surface area contributed by atoms with Crippen LogP contribution in [0.4, 0.5) is 4.79 Å². The molecule has 1 saturated carbocycles. The van der Waals surface area contributed by atoms with E-state index in [1.165, 1.54) is 31.5 Å². The first-order valence-electron chi connectivity index (χ1n) is 9.68. The van der Waals surface area contributed by atoms with Gasteiger partial charge in [-0.15, -0.1) is 0 Å². The highest BCUT2D eigenvalue weighted by molar-refractivity contribution is 5.75. The van der Waals surface area contributed by atoms with E-state index < -0.39 is 0 Å². The van der Waals surface area contributed by atoms with Crippen molar-refractivity contribution in [3.63, 3.8) is 0 Å². The molecule has 0 radical (unpaired) electrons. The van der Waals surface area contributed by atoms with Crippen LogP contribution in [0.25, 0.3) is 0 Å². The number of rotatable bonds is 4. The Morgan fingerprint density at radius 1 is 1.12 bits per heavy atom. The molecule has 2 unspecified atom stereocenters. The molecule has 5 heteroatoms. The van der Waals surface area contributed by atoms with Crippen molar-refractivity contribution >= 4 is 6.03 Å². The number of piperidine rings is 1. The highest BCUT2D eigenvalue weighted by Crippen LogP contribution is 2.44. The minimum atomic E-state index is 0.113. The monoisotopic (exact) mass is 343 g/mol. The maximum absolute atomic E-state index is 12.6. The van der Waals surface area contributed by atoms with Gasteiger partial charge in [0.05, 0.1) is 7.11 Å². The Labute approximate surface area is 150 Å². The average molecular weight is 343 g/mol. The van der Waals surface area contributed by atoms with Crippen molar-refractivity contribution in [1.29, 1.82) is 0 Å². The van der Waals surface area contributed by atoms with Crippen LogP contribution in [-0.4, -0.2) is 61.2 Å². The summed E-state index contributed by atoms with van der Waals surface area (Å²) >= 11 is 0. The van der Waals surface area contributed by atoms with Gasteiger partial charge >= 0.3 is 6.03 Å². The summed E-state index contributed by atoms with van der Waals surface area (Å²) in [4.78, 5) is 17.2. The van der Waals surface area contributed by atoms with Gasteiger partial charge in [0.1, 0.15) is 5.75 Å². The van der Waals surface area contributed by atoms with E-state index in [9.17, 15) is 4.79 Å². The van der Waals surface area contributed by atoms with Crippen molar-refractivity contribution < 1.29 is 9.53 Å². The van der Waals surface area contributed by atoms with E-state index in [2.05, 4.69) is 16.3 Å². The van der Waals surface area contributed by atoms with Gasteiger partial charge < -0.3 is 19.9 Å². The lowest BCUT2D eigenvalue weighted by Crippen LogP contribution is -2.49. The summed E-state index contributed by atoms with van der Waals surface area (Å²) in [7, 11) is 1.71. The van der Waals surface area contributed by atoms with Gasteiger partial charge in [-0.3, -0.25) is 0 Å². The molecule has 2 amide bonds. The number of urea groups is 1. The van der Waals surface area contributed by atoms with Crippen LogP contribution in [0.3, 0.4) is 0 Å². The van der Waals surface area contributed by atoms with Crippen LogP contribution in [-0.2, 0) is 0 Å². The van der Waals surface area contributed by atoms with Crippen molar-refractivity contribution in [3.05, 3.63) is 29.8 Å². The van der Waals surface area contributed by atoms with Gasteiger partial charge in [-0.25, -0.2) is 4.79 Å². The van der Waals surface area contributed by atoms with Crippen LogP contribution >= 0.6 is 0 Å². The Morgan fingerprint density at radius 3 is 2.56 bits per heavy atom. The highest BCUT2D eigenvalue weighted by Gasteiger charge is 2.42. The van der Waals surface area contributed by atoms with Crippen LogP contribution in [0.2, 0.25) is 0 Å². The molecule has 2 saturated heterocycles. The number of amides is 2. The number of nitrogens with one attached hydrogen (secondary N) is 1. The Hall–Kier alpha value is -1.75. The minimum Gasteiger partial charge on any atom is -0.496 e. The fourth-order valence-electron chi connectivity index (χ4n) is 4.46. The molecule has 0 spiro atoms. The lowest BCUT2D eigenvalue weighted by atomic mass is 10.0. The Balaban J connectivity index is 1.26. The zero-order valence-corrected chi connectivity index (χ0v) is 15.1. The second-order valence-corrected chi connectivity index (χ2v) is 7.60. The molecule has 2 aliphatic heterocycles. The molecule has 1 aliphatic carbocycles. The topological polar surface area (TPSA) is 44.8 Å². The van der Waals surface area contributed by atoms with E-state index in [4.69, 9.17) is 4.74 Å². The summed E-state index contributed by atoms with van der Waals surface area (Å²) in [6.07, 6.45) is 5.93. The zero-order chi connectivity index (χ0) is 17.2. The highest BCUT2D eigenvalue weighted by atomic mass is 16.5.